The van der Waals surface area contributed by atoms with Crippen molar-refractivity contribution >= 4 is 34.5 Å². The first-order valence-electron chi connectivity index (χ1n) is 11.2. The van der Waals surface area contributed by atoms with Gasteiger partial charge in [-0.3, -0.25) is 19.3 Å². The van der Waals surface area contributed by atoms with Gasteiger partial charge in [0.25, 0.3) is 5.91 Å². The number of carbonyl (C=O) groups excluding carboxylic acids is 3. The number of nitrogens with zero attached hydrogens (tertiary/aromatic N) is 1. The molecular formula is C27H27NO5S. The quantitative estimate of drug-likeness (QED) is 0.238. The third kappa shape index (κ3) is 4.67. The van der Waals surface area contributed by atoms with Crippen LogP contribution in [0.15, 0.2) is 65.4 Å². The number of anilines is 1. The van der Waals surface area contributed by atoms with Gasteiger partial charge < -0.3 is 9.47 Å². The van der Waals surface area contributed by atoms with Crippen LogP contribution in [-0.2, 0) is 19.1 Å². The molecule has 0 radical (unpaired) electrons. The monoisotopic (exact) mass is 477 g/mol. The van der Waals surface area contributed by atoms with Crippen LogP contribution < -0.4 is 9.64 Å². The van der Waals surface area contributed by atoms with Crippen LogP contribution in [0, 0.1) is 11.8 Å². The summed E-state index contributed by atoms with van der Waals surface area (Å²) in [6, 6.07) is 15.9. The van der Waals surface area contributed by atoms with E-state index in [9.17, 15) is 14.4 Å². The molecular weight excluding hydrogens is 450 g/mol. The van der Waals surface area contributed by atoms with E-state index in [0.29, 0.717) is 17.0 Å². The zero-order chi connectivity index (χ0) is 24.2. The Morgan fingerprint density at radius 3 is 2.41 bits per heavy atom. The summed E-state index contributed by atoms with van der Waals surface area (Å²) in [4.78, 5) is 41.2. The highest BCUT2D eigenvalue weighted by Crippen LogP contribution is 2.44. The maximum absolute atomic E-state index is 13.3. The van der Waals surface area contributed by atoms with Crippen molar-refractivity contribution in [2.45, 2.75) is 26.3 Å². The highest BCUT2D eigenvalue weighted by Gasteiger charge is 2.52. The first-order chi connectivity index (χ1) is 16.4. The topological polar surface area (TPSA) is 72.9 Å². The van der Waals surface area contributed by atoms with Crippen LogP contribution in [0.2, 0.25) is 0 Å². The lowest BCUT2D eigenvalue weighted by Crippen LogP contribution is -2.31. The van der Waals surface area contributed by atoms with Crippen molar-refractivity contribution in [3.8, 4) is 16.9 Å². The Bertz CT molecular complexity index is 1170. The van der Waals surface area contributed by atoms with Gasteiger partial charge in [0.15, 0.2) is 6.79 Å². The molecule has 2 atom stereocenters. The van der Waals surface area contributed by atoms with Crippen molar-refractivity contribution in [3.05, 3.63) is 70.9 Å². The first kappa shape index (κ1) is 23.9. The van der Waals surface area contributed by atoms with Gasteiger partial charge in [0, 0.05) is 24.8 Å². The van der Waals surface area contributed by atoms with Gasteiger partial charge in [-0.2, -0.15) is 11.3 Å². The van der Waals surface area contributed by atoms with Gasteiger partial charge in [-0.05, 0) is 52.1 Å². The van der Waals surface area contributed by atoms with Crippen LogP contribution in [0.3, 0.4) is 0 Å². The molecule has 4 rings (SSSR count). The van der Waals surface area contributed by atoms with Gasteiger partial charge >= 0.3 is 0 Å². The molecule has 1 saturated heterocycles. The molecule has 2 aromatic carbocycles. The Morgan fingerprint density at radius 2 is 1.76 bits per heavy atom. The van der Waals surface area contributed by atoms with Crippen LogP contribution in [0.1, 0.15) is 31.9 Å². The lowest BCUT2D eigenvalue weighted by Gasteiger charge is -2.29. The van der Waals surface area contributed by atoms with Gasteiger partial charge in [-0.25, -0.2) is 0 Å². The summed E-state index contributed by atoms with van der Waals surface area (Å²) in [5.41, 5.74) is 3.25. The van der Waals surface area contributed by atoms with E-state index in [4.69, 9.17) is 9.47 Å². The van der Waals surface area contributed by atoms with Crippen molar-refractivity contribution in [1.29, 1.82) is 0 Å². The molecule has 7 heteroatoms. The van der Waals surface area contributed by atoms with E-state index >= 15 is 0 Å². The van der Waals surface area contributed by atoms with Gasteiger partial charge in [0.1, 0.15) is 17.5 Å². The van der Waals surface area contributed by atoms with Crippen molar-refractivity contribution < 1.29 is 23.9 Å². The molecule has 1 aliphatic heterocycles. The summed E-state index contributed by atoms with van der Waals surface area (Å²) < 4.78 is 10.8. The lowest BCUT2D eigenvalue weighted by atomic mass is 9.85. The zero-order valence-electron chi connectivity index (χ0n) is 19.4. The lowest BCUT2D eigenvalue weighted by molar-refractivity contribution is -0.139. The minimum atomic E-state index is -1.10. The summed E-state index contributed by atoms with van der Waals surface area (Å²) in [7, 11) is 1.52. The Morgan fingerprint density at radius 1 is 1.03 bits per heavy atom. The Hall–Kier alpha value is -3.29. The van der Waals surface area contributed by atoms with Gasteiger partial charge in [0.2, 0.25) is 5.78 Å². The summed E-state index contributed by atoms with van der Waals surface area (Å²) >= 11 is 1.61. The van der Waals surface area contributed by atoms with E-state index in [0.717, 1.165) is 11.1 Å². The van der Waals surface area contributed by atoms with E-state index < -0.39 is 23.7 Å². The number of hydrogen-bond acceptors (Lipinski definition) is 6. The Kier molecular flexibility index (Phi) is 7.24. The maximum Gasteiger partial charge on any atom is 0.295 e. The molecule has 0 aliphatic carbocycles. The van der Waals surface area contributed by atoms with Crippen LogP contribution in [0.5, 0.6) is 5.75 Å². The van der Waals surface area contributed by atoms with Crippen molar-refractivity contribution in [2.75, 3.05) is 18.8 Å². The average molecular weight is 478 g/mol. The summed E-state index contributed by atoms with van der Waals surface area (Å²) in [5.74, 6) is -2.17. The van der Waals surface area contributed by atoms with E-state index in [1.807, 2.05) is 61.0 Å². The fourth-order valence-corrected chi connectivity index (χ4v) is 5.01. The second-order valence-electron chi connectivity index (χ2n) is 8.67. The molecule has 34 heavy (non-hydrogen) atoms. The molecule has 1 amide bonds. The smallest absolute Gasteiger partial charge is 0.295 e. The number of ketones is 2. The standard InChI is InChI=1S/C27H27NO5S/c1-17(2)14-22(29)24-25(21-6-4-5-7-23(21)33-16-32-3)28(27(31)26(24)30)20-10-8-18(9-11-20)19-12-13-34-15-19/h4-13,15,17,24-25H,14,16H2,1-3H3. The normalized spacial score (nSPS) is 18.1. The SMILES string of the molecule is COCOc1ccccc1C1C(C(=O)CC(C)C)C(=O)C(=O)N1c1ccc(-c2ccsc2)cc1. The molecule has 6 nitrogen and oxygen atoms in total. The first-order valence-corrected chi connectivity index (χ1v) is 12.1. The van der Waals surface area contributed by atoms with Crippen molar-refractivity contribution in [3.63, 3.8) is 0 Å². The number of thiophene rings is 1. The number of carbonyl (C=O) groups is 3. The summed E-state index contributed by atoms with van der Waals surface area (Å²) in [6.45, 7) is 3.85. The predicted molar refractivity (Wildman–Crippen MR) is 132 cm³/mol. The van der Waals surface area contributed by atoms with Gasteiger partial charge in [-0.15, -0.1) is 0 Å². The number of methoxy groups -OCH3 is 1. The highest BCUT2D eigenvalue weighted by atomic mass is 32.1. The molecule has 0 bridgehead atoms. The molecule has 1 aliphatic rings. The Balaban J connectivity index is 1.80. The third-order valence-electron chi connectivity index (χ3n) is 5.83. The molecule has 0 saturated carbocycles. The largest absolute Gasteiger partial charge is 0.467 e. The molecule has 3 aromatic rings. The highest BCUT2D eigenvalue weighted by molar-refractivity contribution is 7.08. The number of benzene rings is 2. The maximum atomic E-state index is 13.3. The second kappa shape index (κ2) is 10.3. The number of para-hydroxylation sites is 1. The van der Waals surface area contributed by atoms with Crippen LogP contribution >= 0.6 is 11.3 Å². The van der Waals surface area contributed by atoms with Gasteiger partial charge in [-0.1, -0.05) is 44.2 Å². The zero-order valence-corrected chi connectivity index (χ0v) is 20.2. The number of hydrogen-bond donors (Lipinski definition) is 0. The number of Topliss-reactive ketones (excluding diaryl/α,β-unsaturated/α-hetero) is 2. The predicted octanol–water partition coefficient (Wildman–Crippen LogP) is 5.29. The minimum absolute atomic E-state index is 0.00553. The fourth-order valence-electron chi connectivity index (χ4n) is 4.34. The Labute approximate surface area is 203 Å². The third-order valence-corrected chi connectivity index (χ3v) is 6.52. The van der Waals surface area contributed by atoms with E-state index in [1.165, 1.54) is 12.0 Å². The summed E-state index contributed by atoms with van der Waals surface area (Å²) in [6.07, 6.45) is 0.214. The van der Waals surface area contributed by atoms with Crippen LogP contribution in [0.4, 0.5) is 5.69 Å². The second-order valence-corrected chi connectivity index (χ2v) is 9.45. The average Bonchev–Trinajstić information content (AvgIpc) is 3.45. The van der Waals surface area contributed by atoms with Crippen molar-refractivity contribution in [2.24, 2.45) is 11.8 Å². The van der Waals surface area contributed by atoms with Crippen molar-refractivity contribution in [1.82, 2.24) is 0 Å². The van der Waals surface area contributed by atoms with E-state index in [-0.39, 0.29) is 24.9 Å². The van der Waals surface area contributed by atoms with Gasteiger partial charge in [0.05, 0.1) is 6.04 Å². The summed E-state index contributed by atoms with van der Waals surface area (Å²) in [5, 5.41) is 4.05. The number of amides is 1. The molecule has 2 unspecified atom stereocenters. The molecule has 176 valence electrons. The number of rotatable bonds is 9. The van der Waals surface area contributed by atoms with E-state index in [2.05, 4.69) is 0 Å². The molecule has 0 N–H and O–H groups in total. The molecule has 1 aromatic heterocycles. The van der Waals surface area contributed by atoms with E-state index in [1.54, 1.807) is 29.5 Å². The molecule has 2 heterocycles. The van der Waals surface area contributed by atoms with Crippen LogP contribution in [0.25, 0.3) is 11.1 Å². The molecule has 1 fully saturated rings. The minimum Gasteiger partial charge on any atom is -0.467 e. The number of ether oxygens (including phenoxy) is 2. The van der Waals surface area contributed by atoms with Crippen LogP contribution in [-0.4, -0.2) is 31.4 Å². The molecule has 0 spiro atoms. The fraction of sp³-hybridized carbons (Fsp3) is 0.296.